The molecule has 0 radical (unpaired) electrons. The minimum atomic E-state index is -0.00743. The Morgan fingerprint density at radius 3 is 2.63 bits per heavy atom. The number of amides is 1. The van der Waals surface area contributed by atoms with E-state index in [4.69, 9.17) is 5.73 Å². The molecule has 1 heterocycles. The Balaban J connectivity index is 2.21. The Morgan fingerprint density at radius 1 is 1.37 bits per heavy atom. The summed E-state index contributed by atoms with van der Waals surface area (Å²) in [5, 5.41) is 0. The van der Waals surface area contributed by atoms with Crippen LogP contribution in [0.2, 0.25) is 0 Å². The van der Waals surface area contributed by atoms with E-state index in [0.29, 0.717) is 0 Å². The molecule has 0 aromatic heterocycles. The molecule has 3 heteroatoms. The van der Waals surface area contributed by atoms with Crippen molar-refractivity contribution in [3.8, 4) is 0 Å². The highest BCUT2D eigenvalue weighted by Gasteiger charge is 2.35. The van der Waals surface area contributed by atoms with Gasteiger partial charge in [-0.15, -0.1) is 0 Å². The highest BCUT2D eigenvalue weighted by molar-refractivity contribution is 5.95. The van der Waals surface area contributed by atoms with Gasteiger partial charge in [0, 0.05) is 24.7 Å². The van der Waals surface area contributed by atoms with Gasteiger partial charge in [-0.1, -0.05) is 31.5 Å². The molecule has 1 fully saturated rings. The quantitative estimate of drug-likeness (QED) is 0.843. The number of carbonyl (C=O) groups excluding carboxylic acids is 1. The maximum Gasteiger partial charge on any atom is 0.254 e. The van der Waals surface area contributed by atoms with Crippen LogP contribution >= 0.6 is 0 Å². The number of rotatable bonds is 1. The van der Waals surface area contributed by atoms with Crippen molar-refractivity contribution in [2.45, 2.75) is 40.2 Å². The van der Waals surface area contributed by atoms with E-state index in [1.807, 2.05) is 30.9 Å². The lowest BCUT2D eigenvalue weighted by molar-refractivity contribution is 0.0532. The summed E-state index contributed by atoms with van der Waals surface area (Å²) in [7, 11) is 0. The van der Waals surface area contributed by atoms with Gasteiger partial charge in [0.2, 0.25) is 0 Å². The predicted octanol–water partition coefficient (Wildman–Crippen LogP) is 2.50. The Bertz CT molecular complexity index is 494. The fraction of sp³-hybridized carbons (Fsp3) is 0.562. The van der Waals surface area contributed by atoms with E-state index in [9.17, 15) is 4.79 Å². The number of likely N-dealkylation sites (tertiary alicyclic amines) is 1. The van der Waals surface area contributed by atoms with Gasteiger partial charge in [0.1, 0.15) is 0 Å². The molecule has 1 aliphatic heterocycles. The van der Waals surface area contributed by atoms with Crippen molar-refractivity contribution in [1.82, 2.24) is 4.90 Å². The molecule has 1 atom stereocenters. The van der Waals surface area contributed by atoms with Crippen LogP contribution in [0.25, 0.3) is 0 Å². The van der Waals surface area contributed by atoms with Crippen LogP contribution in [0.15, 0.2) is 18.2 Å². The van der Waals surface area contributed by atoms with Crippen molar-refractivity contribution in [2.75, 3.05) is 13.1 Å². The summed E-state index contributed by atoms with van der Waals surface area (Å²) in [6.45, 7) is 9.82. The van der Waals surface area contributed by atoms with E-state index in [0.717, 1.165) is 30.6 Å². The molecule has 19 heavy (non-hydrogen) atoms. The molecule has 0 spiro atoms. The van der Waals surface area contributed by atoms with Crippen LogP contribution in [0.3, 0.4) is 0 Å². The number of piperidine rings is 1. The maximum absolute atomic E-state index is 12.6. The van der Waals surface area contributed by atoms with Gasteiger partial charge in [-0.2, -0.15) is 0 Å². The molecule has 1 aromatic rings. The summed E-state index contributed by atoms with van der Waals surface area (Å²) in [5.41, 5.74) is 9.18. The number of nitrogens with two attached hydrogens (primary N) is 1. The zero-order valence-electron chi connectivity index (χ0n) is 12.4. The minimum Gasteiger partial charge on any atom is -0.338 e. The lowest BCUT2D eigenvalue weighted by Gasteiger charge is -2.42. The van der Waals surface area contributed by atoms with Gasteiger partial charge in [0.05, 0.1) is 0 Å². The molecule has 1 saturated heterocycles. The molecule has 3 nitrogen and oxygen atoms in total. The molecule has 1 unspecified atom stereocenters. The topological polar surface area (TPSA) is 46.3 Å². The summed E-state index contributed by atoms with van der Waals surface area (Å²) < 4.78 is 0. The Labute approximate surface area is 115 Å². The van der Waals surface area contributed by atoms with Crippen LogP contribution in [0.1, 0.15) is 41.8 Å². The molecule has 2 N–H and O–H groups in total. The van der Waals surface area contributed by atoms with Crippen LogP contribution in [-0.2, 0) is 0 Å². The number of nitrogens with zero attached hydrogens (tertiary/aromatic N) is 1. The summed E-state index contributed by atoms with van der Waals surface area (Å²) in [6, 6.07) is 6.18. The zero-order valence-corrected chi connectivity index (χ0v) is 12.4. The van der Waals surface area contributed by atoms with Gasteiger partial charge in [-0.05, 0) is 37.3 Å². The number of aryl methyl sites for hydroxylation is 2. The van der Waals surface area contributed by atoms with Crippen molar-refractivity contribution in [2.24, 2.45) is 11.1 Å². The number of carbonyl (C=O) groups is 1. The van der Waals surface area contributed by atoms with Crippen molar-refractivity contribution >= 4 is 5.91 Å². The van der Waals surface area contributed by atoms with Gasteiger partial charge in [-0.3, -0.25) is 4.79 Å². The Kier molecular flexibility index (Phi) is 3.68. The first-order valence-corrected chi connectivity index (χ1v) is 6.93. The summed E-state index contributed by atoms with van der Waals surface area (Å²) in [4.78, 5) is 14.6. The maximum atomic E-state index is 12.6. The third-order valence-corrected chi connectivity index (χ3v) is 4.21. The van der Waals surface area contributed by atoms with E-state index in [2.05, 4.69) is 19.9 Å². The zero-order chi connectivity index (χ0) is 14.2. The minimum absolute atomic E-state index is 0.00743. The van der Waals surface area contributed by atoms with Gasteiger partial charge in [0.15, 0.2) is 0 Å². The van der Waals surface area contributed by atoms with Gasteiger partial charge >= 0.3 is 0 Å². The first kappa shape index (κ1) is 14.1. The number of benzene rings is 1. The molecule has 0 bridgehead atoms. The van der Waals surface area contributed by atoms with E-state index in [1.54, 1.807) is 0 Å². The smallest absolute Gasteiger partial charge is 0.254 e. The van der Waals surface area contributed by atoms with E-state index in [-0.39, 0.29) is 17.4 Å². The fourth-order valence-electron chi connectivity index (χ4n) is 2.77. The summed E-state index contributed by atoms with van der Waals surface area (Å²) in [6.07, 6.45) is 0.879. The Hall–Kier alpha value is -1.35. The van der Waals surface area contributed by atoms with Gasteiger partial charge in [-0.25, -0.2) is 0 Å². The first-order valence-electron chi connectivity index (χ1n) is 6.93. The molecular formula is C16H24N2O. The Morgan fingerprint density at radius 2 is 2.05 bits per heavy atom. The van der Waals surface area contributed by atoms with Gasteiger partial charge < -0.3 is 10.6 Å². The molecular weight excluding hydrogens is 236 g/mol. The van der Waals surface area contributed by atoms with Crippen molar-refractivity contribution < 1.29 is 4.79 Å². The average Bonchev–Trinajstić information content (AvgIpc) is 2.32. The number of hydrogen-bond donors (Lipinski definition) is 1. The van der Waals surface area contributed by atoms with Crippen molar-refractivity contribution in [3.63, 3.8) is 0 Å². The average molecular weight is 260 g/mol. The summed E-state index contributed by atoms with van der Waals surface area (Å²) >= 11 is 0. The van der Waals surface area contributed by atoms with E-state index in [1.165, 1.54) is 5.56 Å². The molecule has 0 aliphatic carbocycles. The van der Waals surface area contributed by atoms with Crippen molar-refractivity contribution in [1.29, 1.82) is 0 Å². The molecule has 1 aromatic carbocycles. The molecule has 1 amide bonds. The first-order chi connectivity index (χ1) is 8.81. The van der Waals surface area contributed by atoms with Crippen LogP contribution < -0.4 is 5.73 Å². The van der Waals surface area contributed by atoms with Crippen molar-refractivity contribution in [3.05, 3.63) is 34.9 Å². The predicted molar refractivity (Wildman–Crippen MR) is 78.2 cm³/mol. The highest BCUT2D eigenvalue weighted by Crippen LogP contribution is 2.29. The molecule has 1 aliphatic rings. The number of hydrogen-bond acceptors (Lipinski definition) is 2. The lowest BCUT2D eigenvalue weighted by Crippen LogP contribution is -2.54. The highest BCUT2D eigenvalue weighted by atomic mass is 16.2. The fourth-order valence-corrected chi connectivity index (χ4v) is 2.77. The summed E-state index contributed by atoms with van der Waals surface area (Å²) in [5.74, 6) is 0.137. The van der Waals surface area contributed by atoms with E-state index < -0.39 is 0 Å². The molecule has 104 valence electrons. The van der Waals surface area contributed by atoms with E-state index >= 15 is 0 Å². The second kappa shape index (κ2) is 4.97. The van der Waals surface area contributed by atoms with Crippen LogP contribution in [0.5, 0.6) is 0 Å². The standard InChI is InChI=1S/C16H24N2O/c1-11-5-6-13(12(2)9-11)15(19)18-8-7-14(17)16(3,4)10-18/h5-6,9,14H,7-8,10,17H2,1-4H3. The van der Waals surface area contributed by atoms with Crippen LogP contribution in [0.4, 0.5) is 0 Å². The largest absolute Gasteiger partial charge is 0.338 e. The monoisotopic (exact) mass is 260 g/mol. The molecule has 0 saturated carbocycles. The SMILES string of the molecule is Cc1ccc(C(=O)N2CCC(N)C(C)(C)C2)c(C)c1. The van der Waals surface area contributed by atoms with Gasteiger partial charge in [0.25, 0.3) is 5.91 Å². The molecule has 2 rings (SSSR count). The van der Waals surface area contributed by atoms with Crippen LogP contribution in [0, 0.1) is 19.3 Å². The second-order valence-electron chi connectivity index (χ2n) is 6.43. The normalized spacial score (nSPS) is 22.4. The second-order valence-corrected chi connectivity index (χ2v) is 6.43. The third kappa shape index (κ3) is 2.81. The third-order valence-electron chi connectivity index (χ3n) is 4.21. The van der Waals surface area contributed by atoms with Crippen LogP contribution in [-0.4, -0.2) is 29.9 Å². The lowest BCUT2D eigenvalue weighted by atomic mass is 9.79.